The molecule has 1 aromatic heterocycles. The van der Waals surface area contributed by atoms with Crippen LogP contribution < -0.4 is 14.2 Å². The van der Waals surface area contributed by atoms with Gasteiger partial charge in [0, 0.05) is 29.3 Å². The molecule has 1 N–H and O–H groups in total. The molecule has 3 rings (SSSR count). The highest BCUT2D eigenvalue weighted by molar-refractivity contribution is 7.94. The van der Waals surface area contributed by atoms with Crippen LogP contribution in [-0.2, 0) is 9.84 Å². The van der Waals surface area contributed by atoms with Crippen LogP contribution in [0.1, 0.15) is 5.56 Å². The third-order valence-corrected chi connectivity index (χ3v) is 5.37. The number of benzene rings is 2. The number of hydrogen-bond acceptors (Lipinski definition) is 5. The first-order chi connectivity index (χ1) is 12.5. The van der Waals surface area contributed by atoms with E-state index in [9.17, 15) is 8.42 Å². The van der Waals surface area contributed by atoms with Crippen molar-refractivity contribution in [1.29, 1.82) is 0 Å². The van der Waals surface area contributed by atoms with Gasteiger partial charge in [0.1, 0.15) is 0 Å². The van der Waals surface area contributed by atoms with Gasteiger partial charge in [-0.05, 0) is 29.2 Å². The number of H-pyrrole nitrogens is 1. The van der Waals surface area contributed by atoms with E-state index in [4.69, 9.17) is 14.2 Å². The van der Waals surface area contributed by atoms with E-state index in [-0.39, 0.29) is 16.4 Å². The Labute approximate surface area is 151 Å². The van der Waals surface area contributed by atoms with Crippen LogP contribution in [0.4, 0.5) is 0 Å². The molecule has 3 aromatic rings. The molecule has 136 valence electrons. The summed E-state index contributed by atoms with van der Waals surface area (Å²) in [5, 5.41) is 2.23. The quantitative estimate of drug-likeness (QED) is 0.714. The lowest BCUT2D eigenvalue weighted by Gasteiger charge is -2.13. The fourth-order valence-corrected chi connectivity index (χ4v) is 3.67. The van der Waals surface area contributed by atoms with Crippen LogP contribution in [-0.4, -0.2) is 34.7 Å². The maximum atomic E-state index is 12.7. The molecule has 1 heterocycles. The van der Waals surface area contributed by atoms with Crippen LogP contribution in [0.15, 0.2) is 52.9 Å². The predicted molar refractivity (Wildman–Crippen MR) is 101 cm³/mol. The second-order valence-electron chi connectivity index (χ2n) is 5.53. The molecule has 0 saturated heterocycles. The SMILES string of the molecule is COc1cc(S(=O)(=O)/C=C/c2ccc3cc[nH]c3c2)cc(OC)c1OC. The highest BCUT2D eigenvalue weighted by Crippen LogP contribution is 2.39. The van der Waals surface area contributed by atoms with E-state index in [1.807, 2.05) is 30.5 Å². The molecule has 0 saturated carbocycles. The zero-order valence-corrected chi connectivity index (χ0v) is 15.5. The highest BCUT2D eigenvalue weighted by atomic mass is 32.2. The molecule has 0 unspecified atom stereocenters. The molecular formula is C19H19NO5S. The number of ether oxygens (including phenoxy) is 3. The molecule has 0 aliphatic carbocycles. The number of aromatic nitrogens is 1. The Balaban J connectivity index is 1.99. The molecule has 0 atom stereocenters. The molecule has 7 heteroatoms. The molecule has 0 aliphatic heterocycles. The zero-order valence-electron chi connectivity index (χ0n) is 14.6. The van der Waals surface area contributed by atoms with Crippen LogP contribution in [0.25, 0.3) is 17.0 Å². The summed E-state index contributed by atoms with van der Waals surface area (Å²) in [7, 11) is 0.648. The molecular weight excluding hydrogens is 354 g/mol. The summed E-state index contributed by atoms with van der Waals surface area (Å²) in [5.41, 5.74) is 1.72. The normalized spacial score (nSPS) is 11.8. The van der Waals surface area contributed by atoms with Gasteiger partial charge in [-0.25, -0.2) is 8.42 Å². The molecule has 0 aliphatic rings. The third-order valence-electron chi connectivity index (χ3n) is 3.99. The lowest BCUT2D eigenvalue weighted by Crippen LogP contribution is -2.01. The largest absolute Gasteiger partial charge is 0.493 e. The first-order valence-corrected chi connectivity index (χ1v) is 9.33. The van der Waals surface area contributed by atoms with Gasteiger partial charge in [0.2, 0.25) is 5.75 Å². The van der Waals surface area contributed by atoms with Gasteiger partial charge in [-0.1, -0.05) is 12.1 Å². The standard InChI is InChI=1S/C19H19NO5S/c1-23-17-11-15(12-18(24-2)19(17)25-3)26(21,22)9-7-13-4-5-14-6-8-20-16(14)10-13/h4-12,20H,1-3H3/b9-7+. The fraction of sp³-hybridized carbons (Fsp3) is 0.158. The fourth-order valence-electron chi connectivity index (χ4n) is 2.64. The van der Waals surface area contributed by atoms with Gasteiger partial charge >= 0.3 is 0 Å². The molecule has 0 radical (unpaired) electrons. The monoisotopic (exact) mass is 373 g/mol. The Morgan fingerprint density at radius 2 is 1.62 bits per heavy atom. The Morgan fingerprint density at radius 1 is 0.923 bits per heavy atom. The third kappa shape index (κ3) is 3.39. The minimum Gasteiger partial charge on any atom is -0.493 e. The summed E-state index contributed by atoms with van der Waals surface area (Å²) in [6.07, 6.45) is 3.39. The number of hydrogen-bond donors (Lipinski definition) is 1. The van der Waals surface area contributed by atoms with Crippen LogP contribution in [0.3, 0.4) is 0 Å². The maximum Gasteiger partial charge on any atom is 0.203 e. The number of rotatable bonds is 6. The van der Waals surface area contributed by atoms with Gasteiger partial charge in [0.15, 0.2) is 21.3 Å². The molecule has 0 bridgehead atoms. The van der Waals surface area contributed by atoms with Gasteiger partial charge in [-0.15, -0.1) is 0 Å². The summed E-state index contributed by atoms with van der Waals surface area (Å²) in [6, 6.07) is 10.4. The van der Waals surface area contributed by atoms with Crippen LogP contribution >= 0.6 is 0 Å². The average molecular weight is 373 g/mol. The van der Waals surface area contributed by atoms with Gasteiger partial charge < -0.3 is 19.2 Å². The summed E-state index contributed by atoms with van der Waals surface area (Å²) in [4.78, 5) is 3.16. The second kappa shape index (κ2) is 7.13. The van der Waals surface area contributed by atoms with Crippen LogP contribution in [0, 0.1) is 0 Å². The van der Waals surface area contributed by atoms with E-state index in [0.717, 1.165) is 21.9 Å². The Kier molecular flexibility index (Phi) is 4.90. The first kappa shape index (κ1) is 17.9. The number of nitrogens with one attached hydrogen (secondary N) is 1. The molecule has 2 aromatic carbocycles. The lowest BCUT2D eigenvalue weighted by molar-refractivity contribution is 0.323. The van der Waals surface area contributed by atoms with E-state index < -0.39 is 9.84 Å². The molecule has 0 fully saturated rings. The second-order valence-corrected chi connectivity index (χ2v) is 7.37. The van der Waals surface area contributed by atoms with Crippen molar-refractivity contribution >= 4 is 26.8 Å². The van der Waals surface area contributed by atoms with Crippen molar-refractivity contribution in [2.45, 2.75) is 4.90 Å². The Bertz CT molecular complexity index is 1040. The predicted octanol–water partition coefficient (Wildman–Crippen LogP) is 3.64. The van der Waals surface area contributed by atoms with Crippen molar-refractivity contribution in [3.8, 4) is 17.2 Å². The van der Waals surface area contributed by atoms with Crippen LogP contribution in [0.5, 0.6) is 17.2 Å². The van der Waals surface area contributed by atoms with E-state index in [2.05, 4.69) is 4.98 Å². The van der Waals surface area contributed by atoms with E-state index in [1.165, 1.54) is 33.5 Å². The number of sulfone groups is 1. The van der Waals surface area contributed by atoms with Crippen LogP contribution in [0.2, 0.25) is 0 Å². The summed E-state index contributed by atoms with van der Waals surface area (Å²) in [6.45, 7) is 0. The zero-order chi connectivity index (χ0) is 18.7. The summed E-state index contributed by atoms with van der Waals surface area (Å²) >= 11 is 0. The van der Waals surface area contributed by atoms with Crippen molar-refractivity contribution in [2.24, 2.45) is 0 Å². The minimum absolute atomic E-state index is 0.0594. The van der Waals surface area contributed by atoms with Crippen molar-refractivity contribution in [3.63, 3.8) is 0 Å². The lowest BCUT2D eigenvalue weighted by atomic mass is 10.2. The Morgan fingerprint density at radius 3 is 2.23 bits per heavy atom. The maximum absolute atomic E-state index is 12.7. The summed E-state index contributed by atoms with van der Waals surface area (Å²) < 4.78 is 41.1. The van der Waals surface area contributed by atoms with E-state index in [1.54, 1.807) is 6.08 Å². The molecule has 0 amide bonds. The van der Waals surface area contributed by atoms with Crippen molar-refractivity contribution < 1.29 is 22.6 Å². The number of fused-ring (bicyclic) bond motifs is 1. The van der Waals surface area contributed by atoms with Crippen molar-refractivity contribution in [3.05, 3.63) is 53.6 Å². The molecule has 26 heavy (non-hydrogen) atoms. The highest BCUT2D eigenvalue weighted by Gasteiger charge is 2.19. The van der Waals surface area contributed by atoms with E-state index in [0.29, 0.717) is 5.75 Å². The van der Waals surface area contributed by atoms with Gasteiger partial charge in [-0.3, -0.25) is 0 Å². The van der Waals surface area contributed by atoms with Gasteiger partial charge in [0.05, 0.1) is 26.2 Å². The number of methoxy groups -OCH3 is 3. The Hall–Kier alpha value is -2.93. The first-order valence-electron chi connectivity index (χ1n) is 7.79. The van der Waals surface area contributed by atoms with E-state index >= 15 is 0 Å². The van der Waals surface area contributed by atoms with Gasteiger partial charge in [-0.2, -0.15) is 0 Å². The summed E-state index contributed by atoms with van der Waals surface area (Å²) in [5.74, 6) is 0.911. The molecule has 0 spiro atoms. The van der Waals surface area contributed by atoms with Gasteiger partial charge in [0.25, 0.3) is 0 Å². The molecule has 6 nitrogen and oxygen atoms in total. The minimum atomic E-state index is -3.69. The average Bonchev–Trinajstić information content (AvgIpc) is 3.12. The van der Waals surface area contributed by atoms with Crippen molar-refractivity contribution in [2.75, 3.05) is 21.3 Å². The topological polar surface area (TPSA) is 77.6 Å². The smallest absolute Gasteiger partial charge is 0.203 e. The number of aromatic amines is 1. The van der Waals surface area contributed by atoms with Crippen molar-refractivity contribution in [1.82, 2.24) is 4.98 Å².